The lowest BCUT2D eigenvalue weighted by molar-refractivity contribution is -0.115. The van der Waals surface area contributed by atoms with Crippen LogP contribution in [0.15, 0.2) is 51.5 Å². The largest absolute Gasteiger partial charge is 0.411 e. The zero-order valence-electron chi connectivity index (χ0n) is 11.6. The van der Waals surface area contributed by atoms with Gasteiger partial charge in [0, 0.05) is 17.1 Å². The van der Waals surface area contributed by atoms with Crippen molar-refractivity contribution in [2.45, 2.75) is 17.4 Å². The quantitative estimate of drug-likeness (QED) is 0.722. The van der Waals surface area contributed by atoms with E-state index in [1.807, 2.05) is 30.3 Å². The third-order valence-electron chi connectivity index (χ3n) is 2.74. The molecule has 8 heteroatoms. The third-order valence-corrected chi connectivity index (χ3v) is 4.36. The molecule has 0 aliphatic heterocycles. The molecule has 0 aliphatic rings. The number of amides is 1. The zero-order valence-corrected chi connectivity index (χ0v) is 13.2. The Morgan fingerprint density at radius 3 is 2.86 bits per heavy atom. The second-order valence-corrected chi connectivity index (χ2v) is 6.51. The Morgan fingerprint density at radius 2 is 2.14 bits per heavy atom. The number of hydrogen-bond donors (Lipinski definition) is 1. The molecule has 0 bridgehead atoms. The van der Waals surface area contributed by atoms with Crippen LogP contribution in [0.4, 0.5) is 5.13 Å². The minimum Gasteiger partial charge on any atom is -0.411 e. The number of benzene rings is 1. The molecule has 0 radical (unpaired) electrons. The number of anilines is 1. The van der Waals surface area contributed by atoms with E-state index >= 15 is 0 Å². The van der Waals surface area contributed by atoms with Crippen LogP contribution in [0.5, 0.6) is 0 Å². The van der Waals surface area contributed by atoms with E-state index in [4.69, 9.17) is 4.42 Å². The summed E-state index contributed by atoms with van der Waals surface area (Å²) in [5.41, 5.74) is 0.849. The van der Waals surface area contributed by atoms with Crippen LogP contribution in [0.25, 0.3) is 11.5 Å². The van der Waals surface area contributed by atoms with Gasteiger partial charge in [-0.3, -0.25) is 4.79 Å². The molecular weight excluding hydrogens is 320 g/mol. The number of nitrogens with zero attached hydrogens (tertiary/aromatic N) is 3. The number of carbonyl (C=O) groups is 1. The molecule has 2 heterocycles. The van der Waals surface area contributed by atoms with Gasteiger partial charge in [0.15, 0.2) is 5.13 Å². The Balaban J connectivity index is 1.63. The van der Waals surface area contributed by atoms with Gasteiger partial charge in [0.2, 0.25) is 11.8 Å². The minimum absolute atomic E-state index is 0.153. The highest BCUT2D eigenvalue weighted by atomic mass is 32.2. The van der Waals surface area contributed by atoms with Crippen LogP contribution in [0.2, 0.25) is 0 Å². The van der Waals surface area contributed by atoms with Crippen molar-refractivity contribution in [2.24, 2.45) is 0 Å². The summed E-state index contributed by atoms with van der Waals surface area (Å²) in [4.78, 5) is 16.1. The van der Waals surface area contributed by atoms with Gasteiger partial charge in [-0.1, -0.05) is 30.0 Å². The number of aromatic nitrogens is 3. The molecule has 2 aromatic heterocycles. The SMILES string of the molecule is C[C@H](Sc1nnc(-c2ccccc2)o1)C(=O)Nc1nccs1. The van der Waals surface area contributed by atoms with E-state index in [2.05, 4.69) is 20.5 Å². The van der Waals surface area contributed by atoms with Crippen LogP contribution in [0.3, 0.4) is 0 Å². The maximum atomic E-state index is 12.0. The van der Waals surface area contributed by atoms with Crippen LogP contribution >= 0.6 is 23.1 Å². The van der Waals surface area contributed by atoms with Crippen molar-refractivity contribution in [2.75, 3.05) is 5.32 Å². The molecule has 0 saturated heterocycles. The average molecular weight is 332 g/mol. The van der Waals surface area contributed by atoms with E-state index < -0.39 is 0 Å². The highest BCUT2D eigenvalue weighted by Crippen LogP contribution is 2.26. The molecule has 1 N–H and O–H groups in total. The van der Waals surface area contributed by atoms with Gasteiger partial charge in [-0.2, -0.15) is 0 Å². The van der Waals surface area contributed by atoms with Crippen molar-refractivity contribution in [1.82, 2.24) is 15.2 Å². The molecule has 6 nitrogen and oxygen atoms in total. The second kappa shape index (κ2) is 6.71. The molecule has 0 spiro atoms. The highest BCUT2D eigenvalue weighted by Gasteiger charge is 2.19. The molecule has 0 aliphatic carbocycles. The number of carbonyl (C=O) groups excluding carboxylic acids is 1. The van der Waals surface area contributed by atoms with E-state index in [1.165, 1.54) is 23.1 Å². The number of rotatable bonds is 5. The summed E-state index contributed by atoms with van der Waals surface area (Å²) in [6.45, 7) is 1.78. The first-order valence-electron chi connectivity index (χ1n) is 6.48. The summed E-state index contributed by atoms with van der Waals surface area (Å²) >= 11 is 2.59. The maximum Gasteiger partial charge on any atom is 0.277 e. The van der Waals surface area contributed by atoms with Gasteiger partial charge in [0.25, 0.3) is 5.22 Å². The van der Waals surface area contributed by atoms with Crippen molar-refractivity contribution < 1.29 is 9.21 Å². The third kappa shape index (κ3) is 3.52. The predicted octanol–water partition coefficient (Wildman–Crippen LogP) is 3.31. The standard InChI is InChI=1S/C14H12N4O2S2/c1-9(11(19)16-13-15-7-8-21-13)22-14-18-17-12(20-14)10-5-3-2-4-6-10/h2-9H,1H3,(H,15,16,19)/t9-/m0/s1. The Labute approximate surface area is 135 Å². The topological polar surface area (TPSA) is 80.9 Å². The Hall–Kier alpha value is -2.19. The first-order chi connectivity index (χ1) is 10.7. The number of hydrogen-bond acceptors (Lipinski definition) is 7. The molecule has 1 amide bonds. The summed E-state index contributed by atoms with van der Waals surface area (Å²) in [5.74, 6) is 0.287. The lowest BCUT2D eigenvalue weighted by Gasteiger charge is -2.07. The van der Waals surface area contributed by atoms with Gasteiger partial charge in [0.1, 0.15) is 0 Å². The fraction of sp³-hybridized carbons (Fsp3) is 0.143. The Kier molecular flexibility index (Phi) is 4.50. The Morgan fingerprint density at radius 1 is 1.32 bits per heavy atom. The van der Waals surface area contributed by atoms with Gasteiger partial charge in [-0.15, -0.1) is 21.5 Å². The molecule has 0 saturated carbocycles. The zero-order chi connectivity index (χ0) is 15.4. The maximum absolute atomic E-state index is 12.0. The van der Waals surface area contributed by atoms with Crippen molar-refractivity contribution in [3.8, 4) is 11.5 Å². The predicted molar refractivity (Wildman–Crippen MR) is 85.8 cm³/mol. The fourth-order valence-corrected chi connectivity index (χ4v) is 2.87. The van der Waals surface area contributed by atoms with Crippen LogP contribution in [0, 0.1) is 0 Å². The van der Waals surface area contributed by atoms with Crippen molar-refractivity contribution >= 4 is 34.1 Å². The molecule has 1 atom stereocenters. The molecule has 3 rings (SSSR count). The van der Waals surface area contributed by atoms with Crippen LogP contribution in [-0.4, -0.2) is 26.3 Å². The second-order valence-electron chi connectivity index (χ2n) is 4.33. The first kappa shape index (κ1) is 14.7. The van der Waals surface area contributed by atoms with Crippen molar-refractivity contribution in [3.63, 3.8) is 0 Å². The van der Waals surface area contributed by atoms with E-state index in [1.54, 1.807) is 18.5 Å². The molecule has 22 heavy (non-hydrogen) atoms. The summed E-state index contributed by atoms with van der Waals surface area (Å²) in [7, 11) is 0. The lowest BCUT2D eigenvalue weighted by Crippen LogP contribution is -2.22. The average Bonchev–Trinajstić information content (AvgIpc) is 3.20. The summed E-state index contributed by atoms with van der Waals surface area (Å²) in [6.07, 6.45) is 1.64. The fourth-order valence-electron chi connectivity index (χ4n) is 1.65. The number of thiazole rings is 1. The summed E-state index contributed by atoms with van der Waals surface area (Å²) in [6, 6.07) is 9.49. The van der Waals surface area contributed by atoms with Gasteiger partial charge in [0.05, 0.1) is 5.25 Å². The van der Waals surface area contributed by atoms with E-state index in [0.29, 0.717) is 16.2 Å². The van der Waals surface area contributed by atoms with Crippen LogP contribution in [-0.2, 0) is 4.79 Å². The van der Waals surface area contributed by atoms with E-state index in [-0.39, 0.29) is 11.2 Å². The molecule has 3 aromatic rings. The van der Waals surface area contributed by atoms with Gasteiger partial charge in [-0.25, -0.2) is 4.98 Å². The molecular formula is C14H12N4O2S2. The van der Waals surface area contributed by atoms with E-state index in [9.17, 15) is 4.79 Å². The van der Waals surface area contributed by atoms with Crippen LogP contribution in [0.1, 0.15) is 6.92 Å². The molecule has 112 valence electrons. The molecule has 1 aromatic carbocycles. The van der Waals surface area contributed by atoms with Crippen molar-refractivity contribution in [1.29, 1.82) is 0 Å². The number of nitrogens with one attached hydrogen (secondary N) is 1. The number of thioether (sulfide) groups is 1. The summed E-state index contributed by atoms with van der Waals surface area (Å²) in [5, 5.41) is 13.1. The first-order valence-corrected chi connectivity index (χ1v) is 8.24. The monoisotopic (exact) mass is 332 g/mol. The Bertz CT molecular complexity index is 743. The van der Waals surface area contributed by atoms with E-state index in [0.717, 1.165) is 5.56 Å². The normalized spacial score (nSPS) is 12.0. The van der Waals surface area contributed by atoms with Gasteiger partial charge < -0.3 is 9.73 Å². The van der Waals surface area contributed by atoms with Gasteiger partial charge in [-0.05, 0) is 19.1 Å². The summed E-state index contributed by atoms with van der Waals surface area (Å²) < 4.78 is 5.57. The lowest BCUT2D eigenvalue weighted by atomic mass is 10.2. The molecule has 0 unspecified atom stereocenters. The molecule has 0 fully saturated rings. The minimum atomic E-state index is -0.368. The van der Waals surface area contributed by atoms with Gasteiger partial charge >= 0.3 is 0 Å². The van der Waals surface area contributed by atoms with Crippen molar-refractivity contribution in [3.05, 3.63) is 41.9 Å². The highest BCUT2D eigenvalue weighted by molar-refractivity contribution is 8.00. The van der Waals surface area contributed by atoms with Crippen LogP contribution < -0.4 is 5.32 Å². The smallest absolute Gasteiger partial charge is 0.277 e.